The molecule has 0 atom stereocenters. The van der Waals surface area contributed by atoms with Gasteiger partial charge in [-0.3, -0.25) is 9.59 Å². The lowest BCUT2D eigenvalue weighted by molar-refractivity contribution is -0.137. The van der Waals surface area contributed by atoms with Gasteiger partial charge in [-0.25, -0.2) is 0 Å². The molecule has 0 aliphatic heterocycles. The van der Waals surface area contributed by atoms with Crippen LogP contribution in [0, 0.1) is 5.41 Å². The fraction of sp³-hybridized carbons (Fsp3) is 0.333. The zero-order valence-electron chi connectivity index (χ0n) is 14.3. The summed E-state index contributed by atoms with van der Waals surface area (Å²) in [5.74, 6) is -0.130. The van der Waals surface area contributed by atoms with Crippen molar-refractivity contribution in [2.45, 2.75) is 26.9 Å². The van der Waals surface area contributed by atoms with E-state index in [1.165, 1.54) is 35.9 Å². The Bertz CT molecular complexity index is 975. The predicted molar refractivity (Wildman–Crippen MR) is 92.7 cm³/mol. The van der Waals surface area contributed by atoms with Gasteiger partial charge in [0.15, 0.2) is 5.78 Å². The molecule has 0 aliphatic rings. The van der Waals surface area contributed by atoms with E-state index in [0.29, 0.717) is 4.66 Å². The molecule has 2 rings (SSSR count). The highest BCUT2D eigenvalue weighted by molar-refractivity contribution is 7.07. The first-order chi connectivity index (χ1) is 11.4. The van der Waals surface area contributed by atoms with Crippen LogP contribution in [0.3, 0.4) is 0 Å². The summed E-state index contributed by atoms with van der Waals surface area (Å²) in [6.45, 7) is 5.31. The number of rotatable bonds is 2. The Balaban J connectivity index is 2.58. The predicted octanol–water partition coefficient (Wildman–Crippen LogP) is 2.69. The molecule has 0 radical (unpaired) electrons. The fourth-order valence-corrected chi connectivity index (χ4v) is 3.02. The van der Waals surface area contributed by atoms with Crippen molar-refractivity contribution in [3.8, 4) is 0 Å². The van der Waals surface area contributed by atoms with Crippen molar-refractivity contribution < 1.29 is 18.0 Å². The molecule has 0 amide bonds. The Labute approximate surface area is 146 Å². The average molecular weight is 369 g/mol. The van der Waals surface area contributed by atoms with Crippen LogP contribution in [0.25, 0.3) is 12.2 Å². The van der Waals surface area contributed by atoms with Crippen molar-refractivity contribution in [2.24, 2.45) is 12.5 Å². The molecule has 0 aliphatic carbocycles. The molecule has 25 heavy (non-hydrogen) atoms. The van der Waals surface area contributed by atoms with Gasteiger partial charge >= 0.3 is 6.18 Å². The number of benzene rings is 1. The topological polar surface area (TPSA) is 39.1 Å². The largest absolute Gasteiger partial charge is 0.416 e. The summed E-state index contributed by atoms with van der Waals surface area (Å²) >= 11 is 1.08. The number of Topliss-reactive ketones (excluding diaryl/α,β-unsaturated/α-hetero) is 1. The molecule has 0 bridgehead atoms. The first-order valence-corrected chi connectivity index (χ1v) is 8.32. The van der Waals surface area contributed by atoms with E-state index in [1.807, 2.05) is 0 Å². The second-order valence-corrected chi connectivity index (χ2v) is 7.76. The third kappa shape index (κ3) is 4.48. The van der Waals surface area contributed by atoms with Gasteiger partial charge in [0.25, 0.3) is 5.56 Å². The Morgan fingerprint density at radius 2 is 1.84 bits per heavy atom. The molecule has 0 saturated heterocycles. The first-order valence-electron chi connectivity index (χ1n) is 7.50. The van der Waals surface area contributed by atoms with Crippen LogP contribution in [0.4, 0.5) is 13.2 Å². The van der Waals surface area contributed by atoms with Gasteiger partial charge in [0.1, 0.15) is 4.66 Å². The second-order valence-electron chi connectivity index (χ2n) is 6.69. The number of ketones is 1. The van der Waals surface area contributed by atoms with Gasteiger partial charge in [0, 0.05) is 18.5 Å². The Morgan fingerprint density at radius 3 is 2.40 bits per heavy atom. The summed E-state index contributed by atoms with van der Waals surface area (Å²) in [5, 5.41) is 0. The van der Waals surface area contributed by atoms with E-state index in [0.717, 1.165) is 23.5 Å². The van der Waals surface area contributed by atoms with E-state index in [1.54, 1.807) is 20.8 Å². The maximum absolute atomic E-state index is 12.8. The summed E-state index contributed by atoms with van der Waals surface area (Å²) in [6, 6.07) is 4.76. The number of aromatic nitrogens is 1. The lowest BCUT2D eigenvalue weighted by Gasteiger charge is -2.12. The van der Waals surface area contributed by atoms with Gasteiger partial charge < -0.3 is 4.57 Å². The summed E-state index contributed by atoms with van der Waals surface area (Å²) in [7, 11) is 1.53. The minimum Gasteiger partial charge on any atom is -0.302 e. The first kappa shape index (κ1) is 19.2. The number of thiazole rings is 1. The Morgan fingerprint density at radius 1 is 1.20 bits per heavy atom. The molecule has 0 N–H and O–H groups in total. The van der Waals surface area contributed by atoms with Crippen LogP contribution in [-0.4, -0.2) is 10.4 Å². The van der Waals surface area contributed by atoms with E-state index in [2.05, 4.69) is 0 Å². The molecular formula is C18H18F3NO2S. The minimum absolute atomic E-state index is 0.130. The summed E-state index contributed by atoms with van der Waals surface area (Å²) < 4.78 is 40.4. The zero-order chi connectivity index (χ0) is 19.0. The van der Waals surface area contributed by atoms with Gasteiger partial charge in [-0.15, -0.1) is 11.3 Å². The van der Waals surface area contributed by atoms with Crippen LogP contribution in [-0.2, 0) is 18.0 Å². The van der Waals surface area contributed by atoms with Crippen LogP contribution in [0.15, 0.2) is 29.1 Å². The van der Waals surface area contributed by atoms with Crippen LogP contribution in [0.1, 0.15) is 31.9 Å². The average Bonchev–Trinajstić information content (AvgIpc) is 2.74. The third-order valence-corrected chi connectivity index (χ3v) is 4.68. The molecule has 2 aromatic rings. The number of nitrogens with zero attached hydrogens (tertiary/aromatic N) is 1. The van der Waals surface area contributed by atoms with Crippen LogP contribution in [0.5, 0.6) is 0 Å². The SMILES string of the molecule is Cn1c(=O)/c(=C\c2cccc(C(F)(F)F)c2)s/c1=C\C(=O)C(C)(C)C. The maximum atomic E-state index is 12.8. The monoisotopic (exact) mass is 369 g/mol. The smallest absolute Gasteiger partial charge is 0.302 e. The van der Waals surface area contributed by atoms with Crippen LogP contribution >= 0.6 is 11.3 Å². The van der Waals surface area contributed by atoms with Gasteiger partial charge in [-0.2, -0.15) is 13.2 Å². The van der Waals surface area contributed by atoms with Crippen molar-refractivity contribution in [2.75, 3.05) is 0 Å². The lowest BCUT2D eigenvalue weighted by atomic mass is 9.91. The molecule has 0 saturated carbocycles. The molecule has 1 heterocycles. The number of halogens is 3. The standard InChI is InChI=1S/C18H18F3NO2S/c1-17(2,3)14(23)10-15-22(4)16(24)13(25-15)9-11-6-5-7-12(8-11)18(19,20)21/h5-10H,1-4H3/b13-9+,15-10-. The summed E-state index contributed by atoms with van der Waals surface area (Å²) in [4.78, 5) is 24.4. The number of alkyl halides is 3. The van der Waals surface area contributed by atoms with Crippen molar-refractivity contribution in [1.29, 1.82) is 0 Å². The summed E-state index contributed by atoms with van der Waals surface area (Å²) in [5.41, 5.74) is -1.42. The molecule has 7 heteroatoms. The highest BCUT2D eigenvalue weighted by atomic mass is 32.1. The van der Waals surface area contributed by atoms with Gasteiger partial charge in [-0.1, -0.05) is 32.9 Å². The van der Waals surface area contributed by atoms with E-state index in [-0.39, 0.29) is 21.4 Å². The molecule has 3 nitrogen and oxygen atoms in total. The molecule has 1 aromatic carbocycles. The molecular weight excluding hydrogens is 351 g/mol. The van der Waals surface area contributed by atoms with Crippen molar-refractivity contribution in [3.05, 3.63) is 54.9 Å². The highest BCUT2D eigenvalue weighted by Crippen LogP contribution is 2.29. The number of hydrogen-bond acceptors (Lipinski definition) is 3. The normalized spacial score (nSPS) is 14.2. The zero-order valence-corrected chi connectivity index (χ0v) is 15.1. The quantitative estimate of drug-likeness (QED) is 0.817. The van der Waals surface area contributed by atoms with Crippen molar-refractivity contribution in [1.82, 2.24) is 4.57 Å². The van der Waals surface area contributed by atoms with E-state index < -0.39 is 17.2 Å². The van der Waals surface area contributed by atoms with Crippen LogP contribution < -0.4 is 14.8 Å². The van der Waals surface area contributed by atoms with Crippen molar-refractivity contribution >= 4 is 29.3 Å². The van der Waals surface area contributed by atoms with E-state index >= 15 is 0 Å². The number of carbonyl (C=O) groups excluding carboxylic acids is 1. The van der Waals surface area contributed by atoms with Crippen LogP contribution in [0.2, 0.25) is 0 Å². The van der Waals surface area contributed by atoms with Crippen molar-refractivity contribution in [3.63, 3.8) is 0 Å². The number of carbonyl (C=O) groups is 1. The van der Waals surface area contributed by atoms with Gasteiger partial charge in [0.05, 0.1) is 10.1 Å². The molecule has 1 aromatic heterocycles. The Hall–Kier alpha value is -2.15. The van der Waals surface area contributed by atoms with Gasteiger partial charge in [0.2, 0.25) is 0 Å². The van der Waals surface area contributed by atoms with E-state index in [9.17, 15) is 22.8 Å². The van der Waals surface area contributed by atoms with E-state index in [4.69, 9.17) is 0 Å². The Kier molecular flexibility index (Phi) is 5.09. The second kappa shape index (κ2) is 6.63. The lowest BCUT2D eigenvalue weighted by Crippen LogP contribution is -2.30. The van der Waals surface area contributed by atoms with Gasteiger partial charge in [-0.05, 0) is 23.8 Å². The molecule has 0 unspecified atom stereocenters. The minimum atomic E-state index is -4.44. The third-order valence-electron chi connectivity index (χ3n) is 3.57. The number of hydrogen-bond donors (Lipinski definition) is 0. The summed E-state index contributed by atoms with van der Waals surface area (Å²) in [6.07, 6.45) is -1.64. The molecule has 0 spiro atoms. The molecule has 0 fully saturated rings. The molecule has 134 valence electrons. The maximum Gasteiger partial charge on any atom is 0.416 e. The fourth-order valence-electron chi connectivity index (χ4n) is 1.99. The highest BCUT2D eigenvalue weighted by Gasteiger charge is 2.30.